The van der Waals surface area contributed by atoms with Gasteiger partial charge in [-0.25, -0.2) is 13.2 Å². The van der Waals surface area contributed by atoms with Crippen molar-refractivity contribution in [3.8, 4) is 5.75 Å². The molecule has 168 valence electrons. The quantitative estimate of drug-likeness (QED) is 0.471. The summed E-state index contributed by atoms with van der Waals surface area (Å²) in [6.45, 7) is -2.41. The van der Waals surface area contributed by atoms with E-state index in [0.29, 0.717) is 11.1 Å². The number of aliphatic hydroxyl groups is 1. The summed E-state index contributed by atoms with van der Waals surface area (Å²) in [5.74, 6) is -5.50. The van der Waals surface area contributed by atoms with E-state index < -0.39 is 54.2 Å². The third-order valence-electron chi connectivity index (χ3n) is 5.17. The van der Waals surface area contributed by atoms with Gasteiger partial charge in [0.05, 0.1) is 30.9 Å². The molecule has 0 unspecified atom stereocenters. The molecular formula is C21H19F3N4O4. The van der Waals surface area contributed by atoms with E-state index in [1.807, 2.05) is 0 Å². The third kappa shape index (κ3) is 3.86. The maximum atomic E-state index is 14.5. The van der Waals surface area contributed by atoms with Gasteiger partial charge in [0.2, 0.25) is 0 Å². The van der Waals surface area contributed by atoms with Crippen LogP contribution >= 0.6 is 0 Å². The molecule has 0 aliphatic carbocycles. The molecular weight excluding hydrogens is 429 g/mol. The lowest BCUT2D eigenvalue weighted by molar-refractivity contribution is -0.000936. The zero-order valence-corrected chi connectivity index (χ0v) is 16.7. The minimum atomic E-state index is -3.33. The summed E-state index contributed by atoms with van der Waals surface area (Å²) in [4.78, 5) is 29.6. The van der Waals surface area contributed by atoms with Gasteiger partial charge in [-0.05, 0) is 17.7 Å². The van der Waals surface area contributed by atoms with Crippen molar-refractivity contribution in [1.29, 1.82) is 0 Å². The fourth-order valence-corrected chi connectivity index (χ4v) is 3.70. The van der Waals surface area contributed by atoms with Gasteiger partial charge in [-0.2, -0.15) is 0 Å². The zero-order chi connectivity index (χ0) is 23.0. The second kappa shape index (κ2) is 8.15. The Labute approximate surface area is 179 Å². The predicted octanol–water partition coefficient (Wildman–Crippen LogP) is 1.61. The number of carbonyl (C=O) groups excluding carboxylic acids is 1. The Morgan fingerprint density at radius 2 is 2.00 bits per heavy atom. The Morgan fingerprint density at radius 3 is 2.69 bits per heavy atom. The Balaban J connectivity index is 1.94. The van der Waals surface area contributed by atoms with Crippen molar-refractivity contribution >= 4 is 22.6 Å². The lowest BCUT2D eigenvalue weighted by Crippen LogP contribution is -2.38. The number of aromatic nitrogens is 2. The summed E-state index contributed by atoms with van der Waals surface area (Å²) in [5.41, 5.74) is -0.772. The van der Waals surface area contributed by atoms with Crippen molar-refractivity contribution in [3.05, 3.63) is 63.3 Å². The zero-order valence-electron chi connectivity index (χ0n) is 16.7. The number of aromatic hydroxyl groups is 1. The van der Waals surface area contributed by atoms with Crippen LogP contribution in [0.2, 0.25) is 0 Å². The van der Waals surface area contributed by atoms with Gasteiger partial charge in [0.25, 0.3) is 17.4 Å². The molecule has 0 bridgehead atoms. The minimum absolute atomic E-state index is 0.0528. The maximum Gasteiger partial charge on any atom is 0.282 e. The number of hydrogen-bond acceptors (Lipinski definition) is 6. The first-order valence-corrected chi connectivity index (χ1v) is 9.74. The number of benzene rings is 1. The molecule has 4 N–H and O–H groups in total. The normalized spacial score (nSPS) is 14.6. The van der Waals surface area contributed by atoms with Gasteiger partial charge in [0.1, 0.15) is 16.9 Å². The first-order chi connectivity index (χ1) is 15.2. The molecule has 3 heterocycles. The average molecular weight is 448 g/mol. The highest BCUT2D eigenvalue weighted by Crippen LogP contribution is 2.36. The third-order valence-corrected chi connectivity index (χ3v) is 5.17. The lowest BCUT2D eigenvalue weighted by Gasteiger charge is -2.17. The molecule has 2 aromatic heterocycles. The molecule has 0 radical (unpaired) electrons. The number of halogens is 3. The van der Waals surface area contributed by atoms with Crippen LogP contribution in [0, 0.1) is 5.82 Å². The molecule has 1 aromatic carbocycles. The number of anilines is 1. The Bertz CT molecular complexity index is 1260. The van der Waals surface area contributed by atoms with Crippen LogP contribution in [0.25, 0.3) is 11.0 Å². The molecule has 0 saturated carbocycles. The van der Waals surface area contributed by atoms with Crippen molar-refractivity contribution in [2.75, 3.05) is 25.0 Å². The van der Waals surface area contributed by atoms with E-state index in [-0.39, 0.29) is 29.7 Å². The Kier molecular flexibility index (Phi) is 5.51. The number of hydrogen-bond donors (Lipinski definition) is 4. The summed E-state index contributed by atoms with van der Waals surface area (Å²) < 4.78 is 43.0. The number of alkyl halides is 2. The number of nitrogens with zero attached hydrogens (tertiary/aromatic N) is 2. The van der Waals surface area contributed by atoms with Crippen LogP contribution in [0.5, 0.6) is 5.75 Å². The van der Waals surface area contributed by atoms with E-state index in [0.717, 1.165) is 4.57 Å². The Morgan fingerprint density at radius 1 is 1.28 bits per heavy atom. The molecule has 8 nitrogen and oxygen atoms in total. The molecule has 1 aliphatic rings. The highest BCUT2D eigenvalue weighted by atomic mass is 19.3. The van der Waals surface area contributed by atoms with E-state index in [2.05, 4.69) is 15.6 Å². The molecule has 0 atom stereocenters. The van der Waals surface area contributed by atoms with Gasteiger partial charge in [-0.1, -0.05) is 12.1 Å². The standard InChI is InChI=1S/C21H19F3N4O4/c22-13-3-1-11(2-4-13)7-12-8-26-16-17-15(12)27-9-21(23,24)10-28(17)20(32)14(18(16)30)19(31)25-5-6-29/h1-4,8,27,29-30H,5-7,9-10H2,(H,25,31). The molecule has 0 spiro atoms. The number of pyridine rings is 2. The van der Waals surface area contributed by atoms with Gasteiger partial charge in [-0.15, -0.1) is 0 Å². The van der Waals surface area contributed by atoms with Gasteiger partial charge >= 0.3 is 0 Å². The summed E-state index contributed by atoms with van der Waals surface area (Å²) >= 11 is 0. The van der Waals surface area contributed by atoms with Crippen LogP contribution in [0.4, 0.5) is 18.9 Å². The maximum absolute atomic E-state index is 14.5. The summed E-state index contributed by atoms with van der Waals surface area (Å²) in [7, 11) is 0. The highest BCUT2D eigenvalue weighted by molar-refractivity contribution is 6.04. The van der Waals surface area contributed by atoms with Crippen LogP contribution in [0.3, 0.4) is 0 Å². The number of carbonyl (C=O) groups is 1. The topological polar surface area (TPSA) is 116 Å². The monoisotopic (exact) mass is 448 g/mol. The lowest BCUT2D eigenvalue weighted by atomic mass is 10.0. The molecule has 11 heteroatoms. The second-order valence-corrected chi connectivity index (χ2v) is 7.46. The first-order valence-electron chi connectivity index (χ1n) is 9.74. The van der Waals surface area contributed by atoms with E-state index in [1.54, 1.807) is 0 Å². The van der Waals surface area contributed by atoms with Crippen LogP contribution in [0.1, 0.15) is 21.5 Å². The van der Waals surface area contributed by atoms with Crippen molar-refractivity contribution in [2.24, 2.45) is 0 Å². The predicted molar refractivity (Wildman–Crippen MR) is 110 cm³/mol. The van der Waals surface area contributed by atoms with E-state index >= 15 is 0 Å². The van der Waals surface area contributed by atoms with Crippen LogP contribution in [-0.2, 0) is 13.0 Å². The second-order valence-electron chi connectivity index (χ2n) is 7.46. The van der Waals surface area contributed by atoms with E-state index in [1.165, 1.54) is 30.5 Å². The van der Waals surface area contributed by atoms with Crippen molar-refractivity contribution in [2.45, 2.75) is 18.9 Å². The van der Waals surface area contributed by atoms with Gasteiger partial charge in [0.15, 0.2) is 5.75 Å². The van der Waals surface area contributed by atoms with Crippen LogP contribution in [-0.4, -0.2) is 51.3 Å². The van der Waals surface area contributed by atoms with Crippen molar-refractivity contribution in [1.82, 2.24) is 14.9 Å². The highest BCUT2D eigenvalue weighted by Gasteiger charge is 2.36. The molecule has 32 heavy (non-hydrogen) atoms. The first kappa shape index (κ1) is 21.6. The number of rotatable bonds is 5. The molecule has 0 fully saturated rings. The molecule has 1 amide bonds. The number of nitrogens with one attached hydrogen (secondary N) is 2. The van der Waals surface area contributed by atoms with Crippen LogP contribution < -0.4 is 16.2 Å². The van der Waals surface area contributed by atoms with Crippen LogP contribution in [0.15, 0.2) is 35.3 Å². The number of aliphatic hydroxyl groups excluding tert-OH is 1. The molecule has 3 aromatic rings. The summed E-state index contributed by atoms with van der Waals surface area (Å²) in [5, 5.41) is 24.4. The smallest absolute Gasteiger partial charge is 0.282 e. The van der Waals surface area contributed by atoms with Gasteiger partial charge in [-0.3, -0.25) is 19.1 Å². The largest absolute Gasteiger partial charge is 0.505 e. The van der Waals surface area contributed by atoms with E-state index in [9.17, 15) is 27.9 Å². The van der Waals surface area contributed by atoms with E-state index in [4.69, 9.17) is 5.11 Å². The SMILES string of the molecule is O=C(NCCO)c1c(O)c2ncc(Cc3ccc(F)cc3)c3c2n(c1=O)CC(F)(F)CN3. The fraction of sp³-hybridized carbons (Fsp3) is 0.286. The van der Waals surface area contributed by atoms with Gasteiger partial charge < -0.3 is 20.8 Å². The Hall–Kier alpha value is -3.60. The molecule has 0 saturated heterocycles. The average Bonchev–Trinajstić information content (AvgIpc) is 2.90. The number of amides is 1. The van der Waals surface area contributed by atoms with Crippen molar-refractivity contribution in [3.63, 3.8) is 0 Å². The molecule has 4 rings (SSSR count). The summed E-state index contributed by atoms with van der Waals surface area (Å²) in [6, 6.07) is 5.61. The fourth-order valence-electron chi connectivity index (χ4n) is 3.70. The summed E-state index contributed by atoms with van der Waals surface area (Å²) in [6.07, 6.45) is 1.55. The van der Waals surface area contributed by atoms with Crippen molar-refractivity contribution < 1.29 is 28.2 Å². The molecule has 1 aliphatic heterocycles. The minimum Gasteiger partial charge on any atom is -0.505 e. The van der Waals surface area contributed by atoms with Gasteiger partial charge in [0, 0.05) is 24.7 Å².